The molecule has 1 atom stereocenters. The molecular weight excluding hydrogens is 268 g/mol. The highest BCUT2D eigenvalue weighted by atomic mass is 16.2. The average Bonchev–Trinajstić information content (AvgIpc) is 2.45. The maximum atomic E-state index is 12.0. The molecule has 1 aromatic carbocycles. The molecule has 0 radical (unpaired) electrons. The molecule has 0 bridgehead atoms. The molecule has 0 aliphatic heterocycles. The summed E-state index contributed by atoms with van der Waals surface area (Å²) in [5, 5.41) is 4.68. The standard InChI is InChI=1S/C15H24N4O2/c1-4-8-19(10-12-6-5-7-13(16)9-12)11(2)14(20)18-15(21)17-3/h5-7,9,11H,4,8,10,16H2,1-3H3,(H2,17,18,20,21). The minimum atomic E-state index is -0.493. The van der Waals surface area contributed by atoms with E-state index in [4.69, 9.17) is 5.73 Å². The van der Waals surface area contributed by atoms with Gasteiger partial charge in [-0.05, 0) is 37.6 Å². The van der Waals surface area contributed by atoms with E-state index in [-0.39, 0.29) is 5.91 Å². The van der Waals surface area contributed by atoms with Crippen LogP contribution in [-0.4, -0.2) is 36.5 Å². The highest BCUT2D eigenvalue weighted by molar-refractivity contribution is 5.96. The molecule has 0 fully saturated rings. The summed E-state index contributed by atoms with van der Waals surface area (Å²) >= 11 is 0. The van der Waals surface area contributed by atoms with E-state index in [1.54, 1.807) is 6.92 Å². The molecule has 116 valence electrons. The van der Waals surface area contributed by atoms with E-state index in [0.29, 0.717) is 12.2 Å². The number of carbonyl (C=O) groups excluding carboxylic acids is 2. The van der Waals surface area contributed by atoms with E-state index < -0.39 is 12.1 Å². The number of amides is 3. The summed E-state index contributed by atoms with van der Waals surface area (Å²) in [6.07, 6.45) is 0.917. The Morgan fingerprint density at radius 3 is 2.67 bits per heavy atom. The van der Waals surface area contributed by atoms with Crippen LogP contribution >= 0.6 is 0 Å². The molecule has 6 heteroatoms. The fourth-order valence-corrected chi connectivity index (χ4v) is 2.07. The molecule has 4 N–H and O–H groups in total. The molecule has 0 aromatic heterocycles. The largest absolute Gasteiger partial charge is 0.399 e. The number of imide groups is 1. The fraction of sp³-hybridized carbons (Fsp3) is 0.467. The Labute approximate surface area is 125 Å². The summed E-state index contributed by atoms with van der Waals surface area (Å²) in [7, 11) is 1.48. The molecule has 0 aliphatic carbocycles. The molecule has 0 aliphatic rings. The second kappa shape index (κ2) is 8.26. The van der Waals surface area contributed by atoms with Gasteiger partial charge in [0.15, 0.2) is 0 Å². The van der Waals surface area contributed by atoms with Crippen LogP contribution in [0.25, 0.3) is 0 Å². The van der Waals surface area contributed by atoms with Gasteiger partial charge in [0.2, 0.25) is 5.91 Å². The first-order chi connectivity index (χ1) is 9.97. The number of nitrogens with one attached hydrogen (secondary N) is 2. The number of anilines is 1. The molecule has 21 heavy (non-hydrogen) atoms. The zero-order valence-corrected chi connectivity index (χ0v) is 12.8. The van der Waals surface area contributed by atoms with E-state index in [2.05, 4.69) is 17.6 Å². The molecule has 3 amide bonds. The van der Waals surface area contributed by atoms with Crippen LogP contribution in [0.3, 0.4) is 0 Å². The normalized spacial score (nSPS) is 12.0. The number of benzene rings is 1. The van der Waals surface area contributed by atoms with Crippen LogP contribution in [0.15, 0.2) is 24.3 Å². The summed E-state index contributed by atoms with van der Waals surface area (Å²) in [5.74, 6) is -0.313. The third-order valence-electron chi connectivity index (χ3n) is 3.24. The van der Waals surface area contributed by atoms with E-state index in [0.717, 1.165) is 18.5 Å². The van der Waals surface area contributed by atoms with E-state index in [1.165, 1.54) is 7.05 Å². The Morgan fingerprint density at radius 2 is 2.10 bits per heavy atom. The number of nitrogen functional groups attached to an aromatic ring is 1. The monoisotopic (exact) mass is 292 g/mol. The van der Waals surface area contributed by atoms with Crippen molar-refractivity contribution in [3.63, 3.8) is 0 Å². The van der Waals surface area contributed by atoms with Crippen molar-refractivity contribution in [3.05, 3.63) is 29.8 Å². The molecule has 0 saturated carbocycles. The zero-order valence-electron chi connectivity index (χ0n) is 12.8. The smallest absolute Gasteiger partial charge is 0.321 e. The Balaban J connectivity index is 2.75. The molecule has 1 aromatic rings. The molecular formula is C15H24N4O2. The lowest BCUT2D eigenvalue weighted by atomic mass is 10.1. The number of carbonyl (C=O) groups is 2. The summed E-state index contributed by atoms with van der Waals surface area (Å²) < 4.78 is 0. The minimum absolute atomic E-state index is 0.313. The minimum Gasteiger partial charge on any atom is -0.399 e. The average molecular weight is 292 g/mol. The number of nitrogens with two attached hydrogens (primary N) is 1. The van der Waals surface area contributed by atoms with Gasteiger partial charge in [0.05, 0.1) is 6.04 Å². The van der Waals surface area contributed by atoms with Crippen LogP contribution in [0, 0.1) is 0 Å². The number of urea groups is 1. The van der Waals surface area contributed by atoms with Gasteiger partial charge in [-0.3, -0.25) is 15.0 Å². The lowest BCUT2D eigenvalue weighted by Crippen LogP contribution is -2.49. The fourth-order valence-electron chi connectivity index (χ4n) is 2.07. The van der Waals surface area contributed by atoms with Crippen molar-refractivity contribution in [2.75, 3.05) is 19.3 Å². The Kier molecular flexibility index (Phi) is 6.68. The van der Waals surface area contributed by atoms with Gasteiger partial charge in [-0.15, -0.1) is 0 Å². The van der Waals surface area contributed by atoms with Crippen molar-refractivity contribution in [2.24, 2.45) is 0 Å². The molecule has 0 saturated heterocycles. The van der Waals surface area contributed by atoms with Crippen LogP contribution in [0.1, 0.15) is 25.8 Å². The summed E-state index contributed by atoms with van der Waals surface area (Å²) in [5.41, 5.74) is 7.52. The second-order valence-corrected chi connectivity index (χ2v) is 4.96. The maximum absolute atomic E-state index is 12.0. The topological polar surface area (TPSA) is 87.5 Å². The zero-order chi connectivity index (χ0) is 15.8. The first-order valence-corrected chi connectivity index (χ1v) is 7.09. The van der Waals surface area contributed by atoms with Crippen LogP contribution in [0.2, 0.25) is 0 Å². The molecule has 0 spiro atoms. The summed E-state index contributed by atoms with van der Waals surface area (Å²) in [6, 6.07) is 6.70. The summed E-state index contributed by atoms with van der Waals surface area (Å²) in [4.78, 5) is 25.3. The van der Waals surface area contributed by atoms with Crippen LogP contribution in [0.5, 0.6) is 0 Å². The van der Waals surface area contributed by atoms with Gasteiger partial charge >= 0.3 is 6.03 Å². The third kappa shape index (κ3) is 5.43. The molecule has 6 nitrogen and oxygen atoms in total. The number of hydrogen-bond donors (Lipinski definition) is 3. The third-order valence-corrected chi connectivity index (χ3v) is 3.24. The number of rotatable bonds is 6. The van der Waals surface area contributed by atoms with E-state index in [1.807, 2.05) is 29.2 Å². The van der Waals surface area contributed by atoms with Crippen LogP contribution in [0.4, 0.5) is 10.5 Å². The SMILES string of the molecule is CCCN(Cc1cccc(N)c1)C(C)C(=O)NC(=O)NC. The molecule has 1 rings (SSSR count). The predicted octanol–water partition coefficient (Wildman–Crippen LogP) is 1.32. The second-order valence-electron chi connectivity index (χ2n) is 4.96. The Morgan fingerprint density at radius 1 is 1.38 bits per heavy atom. The van der Waals surface area contributed by atoms with Crippen molar-refractivity contribution >= 4 is 17.6 Å². The Hall–Kier alpha value is -2.08. The van der Waals surface area contributed by atoms with Crippen molar-refractivity contribution in [3.8, 4) is 0 Å². The van der Waals surface area contributed by atoms with Crippen molar-refractivity contribution in [1.82, 2.24) is 15.5 Å². The van der Waals surface area contributed by atoms with Crippen LogP contribution < -0.4 is 16.4 Å². The molecule has 0 heterocycles. The highest BCUT2D eigenvalue weighted by Crippen LogP contribution is 2.12. The van der Waals surface area contributed by atoms with Gasteiger partial charge in [-0.2, -0.15) is 0 Å². The van der Waals surface area contributed by atoms with Gasteiger partial charge in [0, 0.05) is 19.3 Å². The van der Waals surface area contributed by atoms with Crippen molar-refractivity contribution in [2.45, 2.75) is 32.9 Å². The van der Waals surface area contributed by atoms with Crippen LogP contribution in [-0.2, 0) is 11.3 Å². The van der Waals surface area contributed by atoms with E-state index >= 15 is 0 Å². The van der Waals surface area contributed by atoms with Gasteiger partial charge in [-0.1, -0.05) is 19.1 Å². The van der Waals surface area contributed by atoms with Crippen molar-refractivity contribution in [1.29, 1.82) is 0 Å². The number of nitrogens with zero attached hydrogens (tertiary/aromatic N) is 1. The predicted molar refractivity (Wildman–Crippen MR) is 83.6 cm³/mol. The summed E-state index contributed by atoms with van der Waals surface area (Å²) in [6.45, 7) is 5.22. The molecule has 1 unspecified atom stereocenters. The van der Waals surface area contributed by atoms with Gasteiger partial charge < -0.3 is 11.1 Å². The Bertz CT molecular complexity index is 490. The maximum Gasteiger partial charge on any atom is 0.321 e. The van der Waals surface area contributed by atoms with Crippen molar-refractivity contribution < 1.29 is 9.59 Å². The van der Waals surface area contributed by atoms with Gasteiger partial charge in [0.1, 0.15) is 0 Å². The quantitative estimate of drug-likeness (QED) is 0.690. The first-order valence-electron chi connectivity index (χ1n) is 7.09. The lowest BCUT2D eigenvalue weighted by Gasteiger charge is -2.27. The van der Waals surface area contributed by atoms with Gasteiger partial charge in [0.25, 0.3) is 0 Å². The highest BCUT2D eigenvalue weighted by Gasteiger charge is 2.22. The number of hydrogen-bond acceptors (Lipinski definition) is 4. The lowest BCUT2D eigenvalue weighted by molar-refractivity contribution is -0.125. The van der Waals surface area contributed by atoms with E-state index in [9.17, 15) is 9.59 Å². The van der Waals surface area contributed by atoms with Gasteiger partial charge in [-0.25, -0.2) is 4.79 Å². The first kappa shape index (κ1) is 17.0.